The van der Waals surface area contributed by atoms with Gasteiger partial charge in [-0.25, -0.2) is 9.18 Å². The van der Waals surface area contributed by atoms with Crippen molar-refractivity contribution in [3.05, 3.63) is 76.2 Å². The van der Waals surface area contributed by atoms with E-state index in [9.17, 15) is 14.0 Å². The number of carbonyl (C=O) groups excluding carboxylic acids is 2. The zero-order chi connectivity index (χ0) is 21.5. The number of ether oxygens (including phenoxy) is 2. The average molecular weight is 431 g/mol. The van der Waals surface area contributed by atoms with E-state index in [0.717, 1.165) is 4.79 Å². The summed E-state index contributed by atoms with van der Waals surface area (Å²) in [6.07, 6.45) is 1.37. The fourth-order valence-electron chi connectivity index (χ4n) is 2.32. The van der Waals surface area contributed by atoms with E-state index in [1.54, 1.807) is 31.2 Å². The smallest absolute Gasteiger partial charge is 0.364 e. The first-order chi connectivity index (χ1) is 14.5. The van der Waals surface area contributed by atoms with Gasteiger partial charge in [-0.2, -0.15) is 5.10 Å². The van der Waals surface area contributed by atoms with E-state index in [0.29, 0.717) is 16.1 Å². The van der Waals surface area contributed by atoms with Gasteiger partial charge in [-0.05, 0) is 54.1 Å². The van der Waals surface area contributed by atoms with Crippen LogP contribution in [0.2, 0.25) is 5.02 Å². The molecule has 1 aromatic heterocycles. The molecule has 154 valence electrons. The van der Waals surface area contributed by atoms with Gasteiger partial charge in [0.1, 0.15) is 5.82 Å². The number of esters is 1. The van der Waals surface area contributed by atoms with Gasteiger partial charge < -0.3 is 9.47 Å². The summed E-state index contributed by atoms with van der Waals surface area (Å²) in [6, 6.07) is 11.8. The van der Waals surface area contributed by atoms with Gasteiger partial charge in [-0.15, -0.1) is 5.10 Å². The zero-order valence-corrected chi connectivity index (χ0v) is 16.5. The topological polar surface area (TPSA) is 95.7 Å². The molecule has 0 aliphatic rings. The van der Waals surface area contributed by atoms with Crippen LogP contribution in [0.4, 0.5) is 4.39 Å². The van der Waals surface area contributed by atoms with E-state index in [4.69, 9.17) is 21.1 Å². The third-order valence-electron chi connectivity index (χ3n) is 3.77. The normalized spacial score (nSPS) is 10.9. The summed E-state index contributed by atoms with van der Waals surface area (Å²) in [4.78, 5) is 25.5. The van der Waals surface area contributed by atoms with Crippen LogP contribution in [0.1, 0.15) is 33.3 Å². The van der Waals surface area contributed by atoms with Crippen molar-refractivity contribution >= 4 is 29.6 Å². The highest BCUT2D eigenvalue weighted by Gasteiger charge is 2.23. The molecule has 0 aliphatic carbocycles. The molecule has 30 heavy (non-hydrogen) atoms. The van der Waals surface area contributed by atoms with Gasteiger partial charge in [0.15, 0.2) is 12.4 Å². The first-order valence-corrected chi connectivity index (χ1v) is 9.20. The molecule has 10 heteroatoms. The van der Waals surface area contributed by atoms with Crippen LogP contribution in [-0.2, 0) is 4.74 Å². The van der Waals surface area contributed by atoms with E-state index < -0.39 is 12.6 Å². The Morgan fingerprint density at radius 1 is 1.17 bits per heavy atom. The Morgan fingerprint density at radius 3 is 2.53 bits per heavy atom. The summed E-state index contributed by atoms with van der Waals surface area (Å²) in [6.45, 7) is 1.36. The molecule has 8 nitrogen and oxygen atoms in total. The minimum Gasteiger partial charge on any atom is -0.466 e. The van der Waals surface area contributed by atoms with Crippen LogP contribution >= 0.6 is 11.6 Å². The first kappa shape index (κ1) is 21.1. The van der Waals surface area contributed by atoms with Gasteiger partial charge in [-0.3, -0.25) is 4.79 Å². The molecule has 0 atom stereocenters. The molecular weight excluding hydrogens is 415 g/mol. The molecule has 3 rings (SSSR count). The molecule has 1 heterocycles. The summed E-state index contributed by atoms with van der Waals surface area (Å²) in [5.74, 6) is -1.66. The minimum atomic E-state index is -0.769. The van der Waals surface area contributed by atoms with Crippen LogP contribution in [0.5, 0.6) is 5.88 Å². The van der Waals surface area contributed by atoms with Crippen LogP contribution in [0.25, 0.3) is 0 Å². The summed E-state index contributed by atoms with van der Waals surface area (Å²) >= 11 is 5.82. The molecule has 0 bridgehead atoms. The number of benzene rings is 2. The maximum absolute atomic E-state index is 13.0. The molecule has 0 fully saturated rings. The molecule has 0 spiro atoms. The van der Waals surface area contributed by atoms with E-state index in [2.05, 4.69) is 15.4 Å². The first-order valence-electron chi connectivity index (χ1n) is 8.82. The number of aromatic nitrogens is 3. The number of carbonyl (C=O) groups is 2. The molecule has 0 radical (unpaired) electrons. The highest BCUT2D eigenvalue weighted by atomic mass is 35.5. The van der Waals surface area contributed by atoms with Crippen molar-refractivity contribution in [2.24, 2.45) is 5.10 Å². The number of hydrogen-bond donors (Lipinski definition) is 0. The summed E-state index contributed by atoms with van der Waals surface area (Å²) in [7, 11) is 0. The van der Waals surface area contributed by atoms with Crippen LogP contribution in [0.15, 0.2) is 53.6 Å². The third-order valence-corrected chi connectivity index (χ3v) is 4.03. The van der Waals surface area contributed by atoms with Crippen LogP contribution < -0.4 is 4.74 Å². The third kappa shape index (κ3) is 5.26. The van der Waals surface area contributed by atoms with E-state index in [-0.39, 0.29) is 29.8 Å². The average Bonchev–Trinajstić information content (AvgIpc) is 3.15. The number of ketones is 1. The lowest BCUT2D eigenvalue weighted by Gasteiger charge is -2.07. The Morgan fingerprint density at radius 2 is 1.87 bits per heavy atom. The lowest BCUT2D eigenvalue weighted by molar-refractivity contribution is 0.0512. The van der Waals surface area contributed by atoms with Crippen molar-refractivity contribution in [1.82, 2.24) is 15.1 Å². The molecular formula is C20H16ClFN4O4. The van der Waals surface area contributed by atoms with E-state index in [1.165, 1.54) is 30.5 Å². The quantitative estimate of drug-likeness (QED) is 0.309. The summed E-state index contributed by atoms with van der Waals surface area (Å²) in [5, 5.41) is 12.0. The van der Waals surface area contributed by atoms with Gasteiger partial charge in [-0.1, -0.05) is 28.5 Å². The van der Waals surface area contributed by atoms with Crippen molar-refractivity contribution < 1.29 is 23.5 Å². The SMILES string of the molecule is CCOC(=O)c1nnn(/N=C/c2ccc(F)cc2)c1OCC(=O)c1ccc(Cl)cc1. The Hall–Kier alpha value is -3.59. The molecule has 2 aromatic carbocycles. The Labute approximate surface area is 175 Å². The second-order valence-electron chi connectivity index (χ2n) is 5.87. The molecule has 3 aromatic rings. The molecule has 0 saturated heterocycles. The largest absolute Gasteiger partial charge is 0.466 e. The second-order valence-corrected chi connectivity index (χ2v) is 6.30. The molecule has 0 aliphatic heterocycles. The van der Waals surface area contributed by atoms with Crippen molar-refractivity contribution in [3.8, 4) is 5.88 Å². The maximum Gasteiger partial charge on any atom is 0.364 e. The predicted octanol–water partition coefficient (Wildman–Crippen LogP) is 3.39. The summed E-state index contributed by atoms with van der Waals surface area (Å²) in [5.41, 5.74) is 0.732. The lowest BCUT2D eigenvalue weighted by Crippen LogP contribution is -2.15. The highest BCUT2D eigenvalue weighted by molar-refractivity contribution is 6.30. The van der Waals surface area contributed by atoms with Crippen molar-refractivity contribution in [2.45, 2.75) is 6.92 Å². The monoisotopic (exact) mass is 430 g/mol. The van der Waals surface area contributed by atoms with Crippen LogP contribution in [0.3, 0.4) is 0 Å². The van der Waals surface area contributed by atoms with Gasteiger partial charge in [0.2, 0.25) is 5.69 Å². The van der Waals surface area contributed by atoms with Crippen molar-refractivity contribution in [1.29, 1.82) is 0 Å². The molecule has 0 saturated carbocycles. The maximum atomic E-state index is 13.0. The number of hydrogen-bond acceptors (Lipinski definition) is 7. The fourth-order valence-corrected chi connectivity index (χ4v) is 2.44. The van der Waals surface area contributed by atoms with Crippen LogP contribution in [0, 0.1) is 5.82 Å². The van der Waals surface area contributed by atoms with Gasteiger partial charge in [0.05, 0.1) is 12.8 Å². The number of Topliss-reactive ketones (excluding diaryl/α,β-unsaturated/α-hetero) is 1. The lowest BCUT2D eigenvalue weighted by atomic mass is 10.1. The van der Waals surface area contributed by atoms with Crippen molar-refractivity contribution in [2.75, 3.05) is 13.2 Å². The number of nitrogens with zero attached hydrogens (tertiary/aromatic N) is 4. The van der Waals surface area contributed by atoms with Crippen LogP contribution in [-0.4, -0.2) is 46.3 Å². The predicted molar refractivity (Wildman–Crippen MR) is 107 cm³/mol. The number of rotatable bonds is 8. The minimum absolute atomic E-state index is 0.119. The second kappa shape index (κ2) is 9.75. The van der Waals surface area contributed by atoms with Gasteiger partial charge in [0.25, 0.3) is 5.88 Å². The molecule has 0 unspecified atom stereocenters. The Kier molecular flexibility index (Phi) is 6.87. The Bertz CT molecular complexity index is 1070. The number of halogens is 2. The fraction of sp³-hybridized carbons (Fsp3) is 0.150. The standard InChI is InChI=1S/C20H16ClFN4O4/c1-2-29-20(28)18-19(30-12-17(27)14-5-7-15(21)8-6-14)26(25-24-18)23-11-13-3-9-16(22)10-4-13/h3-11H,2,12H2,1H3/b23-11+. The van der Waals surface area contributed by atoms with Gasteiger partial charge in [0, 0.05) is 10.6 Å². The Balaban J connectivity index is 1.82. The molecule has 0 N–H and O–H groups in total. The van der Waals surface area contributed by atoms with E-state index in [1.807, 2.05) is 0 Å². The zero-order valence-electron chi connectivity index (χ0n) is 15.8. The van der Waals surface area contributed by atoms with E-state index >= 15 is 0 Å². The van der Waals surface area contributed by atoms with Crippen molar-refractivity contribution in [3.63, 3.8) is 0 Å². The highest BCUT2D eigenvalue weighted by Crippen LogP contribution is 2.18. The molecule has 0 amide bonds. The van der Waals surface area contributed by atoms with Gasteiger partial charge >= 0.3 is 5.97 Å². The summed E-state index contributed by atoms with van der Waals surface area (Å²) < 4.78 is 23.5.